The summed E-state index contributed by atoms with van der Waals surface area (Å²) in [4.78, 5) is 17.9. The Morgan fingerprint density at radius 3 is 2.15 bits per heavy atom. The van der Waals surface area contributed by atoms with Crippen molar-refractivity contribution in [1.29, 1.82) is 0 Å². The van der Waals surface area contributed by atoms with E-state index < -0.39 is 5.97 Å². The van der Waals surface area contributed by atoms with Crippen molar-refractivity contribution in [2.45, 2.75) is 40.0 Å². The van der Waals surface area contributed by atoms with Gasteiger partial charge in [-0.05, 0) is 37.3 Å². The maximum Gasteiger partial charge on any atom is 0.365 e. The molecule has 0 heterocycles. The summed E-state index contributed by atoms with van der Waals surface area (Å²) in [5.74, 6) is 1.29. The van der Waals surface area contributed by atoms with Crippen LogP contribution < -0.4 is 14.2 Å². The van der Waals surface area contributed by atoms with E-state index >= 15 is 0 Å². The van der Waals surface area contributed by atoms with Crippen LogP contribution in [-0.2, 0) is 4.84 Å². The number of rotatable bonds is 5. The second kappa shape index (κ2) is 6.49. The SMILES string of the molecule is COc1cc(C(=O)O/N=C2/C3(C)CCC(C3)C2(C)C)cc(OC)c1OC. The second-order valence-electron chi connectivity index (χ2n) is 7.95. The molecule has 0 radical (unpaired) electrons. The van der Waals surface area contributed by atoms with Gasteiger partial charge in [-0.2, -0.15) is 0 Å². The van der Waals surface area contributed by atoms with E-state index in [1.165, 1.54) is 27.8 Å². The van der Waals surface area contributed by atoms with Gasteiger partial charge in [-0.1, -0.05) is 25.9 Å². The predicted octanol–water partition coefficient (Wildman–Crippen LogP) is 4.07. The molecule has 142 valence electrons. The largest absolute Gasteiger partial charge is 0.493 e. The monoisotopic (exact) mass is 361 g/mol. The lowest BCUT2D eigenvalue weighted by atomic mass is 9.71. The number of carbonyl (C=O) groups excluding carboxylic acids is 1. The van der Waals surface area contributed by atoms with Crippen molar-refractivity contribution in [3.8, 4) is 17.2 Å². The molecule has 2 fully saturated rings. The summed E-state index contributed by atoms with van der Waals surface area (Å²) in [6, 6.07) is 3.13. The molecule has 2 aliphatic rings. The van der Waals surface area contributed by atoms with Gasteiger partial charge in [0.25, 0.3) is 0 Å². The third-order valence-corrected chi connectivity index (χ3v) is 6.06. The summed E-state index contributed by atoms with van der Waals surface area (Å²) in [5, 5.41) is 4.31. The minimum Gasteiger partial charge on any atom is -0.493 e. The van der Waals surface area contributed by atoms with Gasteiger partial charge in [0.15, 0.2) is 11.5 Å². The first kappa shape index (κ1) is 18.5. The molecule has 6 nitrogen and oxygen atoms in total. The van der Waals surface area contributed by atoms with E-state index in [0.29, 0.717) is 28.7 Å². The van der Waals surface area contributed by atoms with Crippen LogP contribution in [0.2, 0.25) is 0 Å². The molecule has 2 bridgehead atoms. The van der Waals surface area contributed by atoms with Crippen molar-refractivity contribution in [3.05, 3.63) is 17.7 Å². The van der Waals surface area contributed by atoms with E-state index in [1.54, 1.807) is 12.1 Å². The minimum atomic E-state index is -0.543. The van der Waals surface area contributed by atoms with Crippen LogP contribution in [0.15, 0.2) is 17.3 Å². The van der Waals surface area contributed by atoms with Crippen molar-refractivity contribution in [2.24, 2.45) is 21.9 Å². The topological polar surface area (TPSA) is 66.4 Å². The molecule has 0 spiro atoms. The first-order valence-corrected chi connectivity index (χ1v) is 8.87. The van der Waals surface area contributed by atoms with Crippen LogP contribution in [0.1, 0.15) is 50.4 Å². The first-order valence-electron chi connectivity index (χ1n) is 8.87. The fraction of sp³-hybridized carbons (Fsp3) is 0.600. The molecule has 6 heteroatoms. The van der Waals surface area contributed by atoms with Gasteiger partial charge in [0.05, 0.1) is 32.6 Å². The van der Waals surface area contributed by atoms with Gasteiger partial charge < -0.3 is 19.0 Å². The number of nitrogens with zero attached hydrogens (tertiary/aromatic N) is 1. The predicted molar refractivity (Wildman–Crippen MR) is 98.2 cm³/mol. The average Bonchev–Trinajstić information content (AvgIpc) is 3.10. The van der Waals surface area contributed by atoms with Crippen molar-refractivity contribution in [2.75, 3.05) is 21.3 Å². The molecule has 0 amide bonds. The van der Waals surface area contributed by atoms with E-state index in [9.17, 15) is 4.79 Å². The molecule has 26 heavy (non-hydrogen) atoms. The Balaban J connectivity index is 1.87. The van der Waals surface area contributed by atoms with Gasteiger partial charge >= 0.3 is 5.97 Å². The standard InChI is InChI=1S/C20H27NO5/c1-19(2)13-7-8-20(3,11-13)18(19)21-26-17(22)12-9-14(23-4)16(25-6)15(10-12)24-5/h9-10,13H,7-8,11H2,1-6H3/b21-18+. The molecule has 1 aromatic rings. The summed E-state index contributed by atoms with van der Waals surface area (Å²) in [5.41, 5.74) is 1.28. The molecule has 0 N–H and O–H groups in total. The number of benzene rings is 1. The van der Waals surface area contributed by atoms with E-state index in [1.807, 2.05) is 0 Å². The quantitative estimate of drug-likeness (QED) is 0.584. The van der Waals surface area contributed by atoms with Crippen LogP contribution in [-0.4, -0.2) is 33.0 Å². The van der Waals surface area contributed by atoms with E-state index in [2.05, 4.69) is 25.9 Å². The van der Waals surface area contributed by atoms with Crippen LogP contribution in [0.25, 0.3) is 0 Å². The highest BCUT2D eigenvalue weighted by Gasteiger charge is 2.57. The highest BCUT2D eigenvalue weighted by atomic mass is 16.7. The summed E-state index contributed by atoms with van der Waals surface area (Å²) < 4.78 is 15.9. The highest BCUT2D eigenvalue weighted by molar-refractivity contribution is 5.98. The maximum atomic E-state index is 12.6. The summed E-state index contributed by atoms with van der Waals surface area (Å²) >= 11 is 0. The molecule has 0 saturated heterocycles. The Hall–Kier alpha value is -2.24. The second-order valence-corrected chi connectivity index (χ2v) is 7.95. The Morgan fingerprint density at radius 2 is 1.69 bits per heavy atom. The minimum absolute atomic E-state index is 0.0315. The van der Waals surface area contributed by atoms with Gasteiger partial charge in [0, 0.05) is 10.8 Å². The lowest BCUT2D eigenvalue weighted by Crippen LogP contribution is -2.36. The van der Waals surface area contributed by atoms with Gasteiger partial charge in [-0.15, -0.1) is 0 Å². The third kappa shape index (κ3) is 2.81. The molecule has 2 saturated carbocycles. The smallest absolute Gasteiger partial charge is 0.365 e. The van der Waals surface area contributed by atoms with E-state index in [4.69, 9.17) is 19.0 Å². The molecule has 3 rings (SSSR count). The van der Waals surface area contributed by atoms with Crippen molar-refractivity contribution in [1.82, 2.24) is 0 Å². The van der Waals surface area contributed by atoms with Crippen LogP contribution >= 0.6 is 0 Å². The summed E-state index contributed by atoms with van der Waals surface area (Å²) in [6.45, 7) is 6.59. The molecule has 0 aliphatic heterocycles. The molecule has 2 aliphatic carbocycles. The van der Waals surface area contributed by atoms with Gasteiger partial charge in [-0.25, -0.2) is 4.79 Å². The number of hydrogen-bond donors (Lipinski definition) is 0. The summed E-state index contributed by atoms with van der Waals surface area (Å²) in [7, 11) is 4.53. The number of carbonyl (C=O) groups is 1. The molecule has 1 aromatic carbocycles. The normalized spacial score (nSPS) is 27.5. The van der Waals surface area contributed by atoms with Crippen molar-refractivity contribution < 1.29 is 23.8 Å². The number of hydrogen-bond acceptors (Lipinski definition) is 6. The zero-order valence-corrected chi connectivity index (χ0v) is 16.3. The number of oxime groups is 1. The van der Waals surface area contributed by atoms with Crippen LogP contribution in [0.5, 0.6) is 17.2 Å². The van der Waals surface area contributed by atoms with E-state index in [0.717, 1.165) is 18.6 Å². The van der Waals surface area contributed by atoms with Crippen LogP contribution in [0, 0.1) is 16.7 Å². The zero-order valence-electron chi connectivity index (χ0n) is 16.3. The fourth-order valence-corrected chi connectivity index (χ4v) is 4.61. The Labute approximate surface area is 154 Å². The van der Waals surface area contributed by atoms with Gasteiger partial charge in [0.2, 0.25) is 5.75 Å². The fourth-order valence-electron chi connectivity index (χ4n) is 4.61. The molecular weight excluding hydrogens is 334 g/mol. The number of ether oxygens (including phenoxy) is 3. The van der Waals surface area contributed by atoms with Gasteiger partial charge in [-0.3, -0.25) is 0 Å². The highest BCUT2D eigenvalue weighted by Crippen LogP contribution is 2.60. The lowest BCUT2D eigenvalue weighted by Gasteiger charge is -2.34. The van der Waals surface area contributed by atoms with Crippen LogP contribution in [0.3, 0.4) is 0 Å². The Bertz CT molecular complexity index is 723. The molecular formula is C20H27NO5. The Kier molecular flexibility index (Phi) is 4.63. The third-order valence-electron chi connectivity index (χ3n) is 6.06. The molecule has 0 aromatic heterocycles. The average molecular weight is 361 g/mol. The summed E-state index contributed by atoms with van der Waals surface area (Å²) in [6.07, 6.45) is 3.42. The van der Waals surface area contributed by atoms with Crippen LogP contribution in [0.4, 0.5) is 0 Å². The lowest BCUT2D eigenvalue weighted by molar-refractivity contribution is 0.0505. The number of methoxy groups -OCH3 is 3. The molecule has 2 unspecified atom stereocenters. The number of fused-ring (bicyclic) bond motifs is 2. The molecule has 2 atom stereocenters. The maximum absolute atomic E-state index is 12.6. The van der Waals surface area contributed by atoms with Crippen molar-refractivity contribution >= 4 is 11.7 Å². The Morgan fingerprint density at radius 1 is 1.08 bits per heavy atom. The first-order chi connectivity index (χ1) is 12.3. The zero-order chi connectivity index (χ0) is 19.1. The van der Waals surface area contributed by atoms with Gasteiger partial charge in [0.1, 0.15) is 0 Å². The van der Waals surface area contributed by atoms with Crippen molar-refractivity contribution in [3.63, 3.8) is 0 Å². The van der Waals surface area contributed by atoms with E-state index in [-0.39, 0.29) is 10.8 Å².